The van der Waals surface area contributed by atoms with Gasteiger partial charge in [0.1, 0.15) is 11.3 Å². The van der Waals surface area contributed by atoms with Gasteiger partial charge in [-0.15, -0.1) is 0 Å². The van der Waals surface area contributed by atoms with Crippen molar-refractivity contribution in [1.29, 1.82) is 0 Å². The highest BCUT2D eigenvalue weighted by molar-refractivity contribution is 5.72. The van der Waals surface area contributed by atoms with Crippen LogP contribution in [0.5, 0.6) is 0 Å². The molecular weight excluding hydrogens is 304 g/mol. The Kier molecular flexibility index (Phi) is 3.90. The highest BCUT2D eigenvalue weighted by atomic mass is 16.3. The molecule has 1 aromatic carbocycles. The molecule has 0 spiro atoms. The number of aromatic amines is 1. The number of oxazole rings is 1. The van der Waals surface area contributed by atoms with Gasteiger partial charge in [0.15, 0.2) is 5.58 Å². The molecule has 0 radical (unpaired) electrons. The average molecular weight is 324 g/mol. The van der Waals surface area contributed by atoms with Crippen LogP contribution in [0.2, 0.25) is 0 Å². The second kappa shape index (κ2) is 6.20. The maximum Gasteiger partial charge on any atom is 0.255 e. The Morgan fingerprint density at radius 2 is 2.17 bits per heavy atom. The summed E-state index contributed by atoms with van der Waals surface area (Å²) in [4.78, 5) is 26.6. The van der Waals surface area contributed by atoms with Crippen LogP contribution in [0.3, 0.4) is 0 Å². The number of fused-ring (bicyclic) bond motifs is 2. The van der Waals surface area contributed by atoms with Gasteiger partial charge >= 0.3 is 0 Å². The zero-order chi connectivity index (χ0) is 16.5. The van der Waals surface area contributed by atoms with Crippen molar-refractivity contribution in [2.45, 2.75) is 39.3 Å². The van der Waals surface area contributed by atoms with E-state index >= 15 is 0 Å². The zero-order valence-electron chi connectivity index (χ0n) is 13.7. The van der Waals surface area contributed by atoms with Gasteiger partial charge in [0, 0.05) is 25.9 Å². The van der Waals surface area contributed by atoms with Crippen LogP contribution in [0, 0.1) is 0 Å². The Balaban J connectivity index is 1.54. The number of aryl methyl sites for hydroxylation is 1. The molecule has 0 saturated carbocycles. The molecule has 4 rings (SSSR count). The molecule has 1 aliphatic heterocycles. The SMILES string of the molecule is CCCc1nc2c(c(=O)[nH]1)CN(Cc1nc3ccccc3o1)CC2. The number of hydrogen-bond acceptors (Lipinski definition) is 5. The van der Waals surface area contributed by atoms with Crippen LogP contribution in [-0.4, -0.2) is 26.4 Å². The quantitative estimate of drug-likeness (QED) is 0.798. The fourth-order valence-electron chi connectivity index (χ4n) is 3.20. The first kappa shape index (κ1) is 15.1. The zero-order valence-corrected chi connectivity index (χ0v) is 13.7. The summed E-state index contributed by atoms with van der Waals surface area (Å²) in [5.74, 6) is 1.49. The molecule has 0 atom stereocenters. The molecule has 6 heteroatoms. The monoisotopic (exact) mass is 324 g/mol. The van der Waals surface area contributed by atoms with Crippen LogP contribution in [0.4, 0.5) is 0 Å². The maximum absolute atomic E-state index is 12.3. The number of para-hydroxylation sites is 2. The maximum atomic E-state index is 12.3. The summed E-state index contributed by atoms with van der Waals surface area (Å²) in [6, 6.07) is 7.75. The van der Waals surface area contributed by atoms with Gasteiger partial charge in [-0.3, -0.25) is 9.69 Å². The normalized spacial score (nSPS) is 14.9. The molecule has 0 fully saturated rings. The Morgan fingerprint density at radius 3 is 3.00 bits per heavy atom. The van der Waals surface area contributed by atoms with Crippen LogP contribution in [0.1, 0.15) is 36.3 Å². The highest BCUT2D eigenvalue weighted by Crippen LogP contribution is 2.19. The van der Waals surface area contributed by atoms with Gasteiger partial charge in [0.2, 0.25) is 5.89 Å². The first-order valence-corrected chi connectivity index (χ1v) is 8.40. The van der Waals surface area contributed by atoms with Crippen molar-refractivity contribution in [1.82, 2.24) is 19.9 Å². The third-order valence-corrected chi connectivity index (χ3v) is 4.38. The molecule has 24 heavy (non-hydrogen) atoms. The van der Waals surface area contributed by atoms with Gasteiger partial charge in [-0.25, -0.2) is 9.97 Å². The number of hydrogen-bond donors (Lipinski definition) is 1. The first-order valence-electron chi connectivity index (χ1n) is 8.40. The summed E-state index contributed by atoms with van der Waals surface area (Å²) in [6.45, 7) is 4.13. The minimum absolute atomic E-state index is 0.00860. The number of aromatic nitrogens is 3. The third-order valence-electron chi connectivity index (χ3n) is 4.38. The standard InChI is InChI=1S/C18H20N4O2/c1-2-5-16-19-13-8-9-22(10-12(13)18(23)21-16)11-17-20-14-6-3-4-7-15(14)24-17/h3-4,6-7H,2,5,8-11H2,1H3,(H,19,21,23). The summed E-state index contributed by atoms with van der Waals surface area (Å²) in [5.41, 5.74) is 3.38. The fraction of sp³-hybridized carbons (Fsp3) is 0.389. The highest BCUT2D eigenvalue weighted by Gasteiger charge is 2.22. The van der Waals surface area contributed by atoms with E-state index in [4.69, 9.17) is 4.42 Å². The molecule has 2 aromatic heterocycles. The molecule has 0 saturated heterocycles. The van der Waals surface area contributed by atoms with Crippen LogP contribution in [0.25, 0.3) is 11.1 Å². The predicted molar refractivity (Wildman–Crippen MR) is 90.7 cm³/mol. The van der Waals surface area contributed by atoms with Gasteiger partial charge in [-0.2, -0.15) is 0 Å². The van der Waals surface area contributed by atoms with E-state index in [-0.39, 0.29) is 5.56 Å². The van der Waals surface area contributed by atoms with Gasteiger partial charge in [-0.1, -0.05) is 19.1 Å². The van der Waals surface area contributed by atoms with Crippen LogP contribution >= 0.6 is 0 Å². The lowest BCUT2D eigenvalue weighted by Gasteiger charge is -2.26. The summed E-state index contributed by atoms with van der Waals surface area (Å²) in [6.07, 6.45) is 2.58. The summed E-state index contributed by atoms with van der Waals surface area (Å²) < 4.78 is 5.79. The van der Waals surface area contributed by atoms with Gasteiger partial charge in [0.05, 0.1) is 17.8 Å². The van der Waals surface area contributed by atoms with Crippen molar-refractivity contribution in [3.05, 3.63) is 57.6 Å². The lowest BCUT2D eigenvalue weighted by atomic mass is 10.1. The molecule has 0 aliphatic carbocycles. The smallest absolute Gasteiger partial charge is 0.255 e. The number of benzene rings is 1. The molecule has 3 heterocycles. The number of rotatable bonds is 4. The van der Waals surface area contributed by atoms with Crippen molar-refractivity contribution in [3.8, 4) is 0 Å². The van der Waals surface area contributed by atoms with E-state index in [1.807, 2.05) is 24.3 Å². The molecule has 124 valence electrons. The van der Waals surface area contributed by atoms with Crippen molar-refractivity contribution < 1.29 is 4.42 Å². The van der Waals surface area contributed by atoms with Crippen molar-refractivity contribution in [3.63, 3.8) is 0 Å². The lowest BCUT2D eigenvalue weighted by Crippen LogP contribution is -2.35. The second-order valence-electron chi connectivity index (χ2n) is 6.22. The molecule has 0 bridgehead atoms. The predicted octanol–water partition coefficient (Wildman–Crippen LogP) is 2.42. The van der Waals surface area contributed by atoms with E-state index in [9.17, 15) is 4.79 Å². The minimum Gasteiger partial charge on any atom is -0.439 e. The van der Waals surface area contributed by atoms with Gasteiger partial charge < -0.3 is 9.40 Å². The van der Waals surface area contributed by atoms with Crippen LogP contribution in [-0.2, 0) is 25.9 Å². The molecule has 3 aromatic rings. The number of nitrogens with zero attached hydrogens (tertiary/aromatic N) is 3. The summed E-state index contributed by atoms with van der Waals surface area (Å²) >= 11 is 0. The van der Waals surface area contributed by atoms with E-state index in [1.54, 1.807) is 0 Å². The Bertz CT molecular complexity index is 895. The van der Waals surface area contributed by atoms with E-state index in [0.29, 0.717) is 19.0 Å². The molecule has 1 N–H and O–H groups in total. The Hall–Kier alpha value is -2.47. The average Bonchev–Trinajstić information content (AvgIpc) is 2.98. The molecular formula is C18H20N4O2. The largest absolute Gasteiger partial charge is 0.439 e. The lowest BCUT2D eigenvalue weighted by molar-refractivity contribution is 0.220. The van der Waals surface area contributed by atoms with Crippen molar-refractivity contribution in [2.75, 3.05) is 6.54 Å². The minimum atomic E-state index is -0.00860. The van der Waals surface area contributed by atoms with Crippen molar-refractivity contribution in [2.24, 2.45) is 0 Å². The second-order valence-corrected chi connectivity index (χ2v) is 6.22. The third kappa shape index (κ3) is 2.85. The molecule has 0 amide bonds. The van der Waals surface area contributed by atoms with Crippen molar-refractivity contribution >= 4 is 11.1 Å². The molecule has 0 unspecified atom stereocenters. The van der Waals surface area contributed by atoms with E-state index in [1.165, 1.54) is 0 Å². The van der Waals surface area contributed by atoms with Crippen LogP contribution in [0.15, 0.2) is 33.5 Å². The molecule has 1 aliphatic rings. The van der Waals surface area contributed by atoms with Gasteiger partial charge in [-0.05, 0) is 18.6 Å². The fourth-order valence-corrected chi connectivity index (χ4v) is 3.20. The van der Waals surface area contributed by atoms with Crippen LogP contribution < -0.4 is 5.56 Å². The Labute approximate surface area is 139 Å². The topological polar surface area (TPSA) is 75.0 Å². The van der Waals surface area contributed by atoms with E-state index in [0.717, 1.165) is 54.0 Å². The Morgan fingerprint density at radius 1 is 1.29 bits per heavy atom. The number of nitrogens with one attached hydrogen (secondary N) is 1. The molecule has 6 nitrogen and oxygen atoms in total. The first-order chi connectivity index (χ1) is 11.7. The van der Waals surface area contributed by atoms with Gasteiger partial charge in [0.25, 0.3) is 5.56 Å². The number of H-pyrrole nitrogens is 1. The summed E-state index contributed by atoms with van der Waals surface area (Å²) in [7, 11) is 0. The van der Waals surface area contributed by atoms with E-state index < -0.39 is 0 Å². The van der Waals surface area contributed by atoms with E-state index in [2.05, 4.69) is 26.8 Å². The summed E-state index contributed by atoms with van der Waals surface area (Å²) in [5, 5.41) is 0.